The van der Waals surface area contributed by atoms with Crippen LogP contribution in [0.4, 0.5) is 10.5 Å². The van der Waals surface area contributed by atoms with E-state index in [1.165, 1.54) is 4.90 Å². The quantitative estimate of drug-likeness (QED) is 0.178. The van der Waals surface area contributed by atoms with Crippen molar-refractivity contribution in [1.82, 2.24) is 41.1 Å². The molecule has 2 aliphatic rings. The Kier molecular flexibility index (Phi) is 12.5. The van der Waals surface area contributed by atoms with Crippen molar-refractivity contribution in [2.45, 2.75) is 84.4 Å². The van der Waals surface area contributed by atoms with Crippen molar-refractivity contribution in [3.8, 4) is 22.5 Å². The second kappa shape index (κ2) is 17.5. The minimum absolute atomic E-state index is 0.0716. The van der Waals surface area contributed by atoms with Crippen molar-refractivity contribution in [3.05, 3.63) is 77.6 Å². The van der Waals surface area contributed by atoms with Gasteiger partial charge in [-0.15, -0.1) is 10.2 Å². The minimum Gasteiger partial charge on any atom is -0.444 e. The summed E-state index contributed by atoms with van der Waals surface area (Å²) in [5.41, 5.74) is 11.1. The van der Waals surface area contributed by atoms with Gasteiger partial charge in [-0.2, -0.15) is 5.21 Å². The van der Waals surface area contributed by atoms with E-state index in [1.807, 2.05) is 62.9 Å². The number of carbonyl (C=O) groups excluding carboxylic acids is 4. The highest BCUT2D eigenvalue weighted by Gasteiger charge is 2.35. The smallest absolute Gasteiger partial charge is 0.407 e. The topological polar surface area (TPSA) is 201 Å². The Morgan fingerprint density at radius 3 is 2.34 bits per heavy atom. The molecule has 0 radical (unpaired) electrons. The number of nitrogens with two attached hydrogens (primary N) is 1. The van der Waals surface area contributed by atoms with E-state index in [4.69, 9.17) is 10.5 Å². The molecular weight excluding hydrogens is 713 g/mol. The fourth-order valence-corrected chi connectivity index (χ4v) is 7.33. The Hall–Kier alpha value is -5.54. The van der Waals surface area contributed by atoms with E-state index in [-0.39, 0.29) is 36.1 Å². The lowest BCUT2D eigenvalue weighted by atomic mass is 9.81. The molecule has 5 N–H and O–H groups in total. The molecule has 2 aromatic carbocycles. The average Bonchev–Trinajstić information content (AvgIpc) is 3.72. The number of aromatic amines is 1. The van der Waals surface area contributed by atoms with Gasteiger partial charge in [-0.3, -0.25) is 19.4 Å². The summed E-state index contributed by atoms with van der Waals surface area (Å²) < 4.78 is 5.36. The van der Waals surface area contributed by atoms with Crippen LogP contribution in [0.5, 0.6) is 0 Å². The van der Waals surface area contributed by atoms with Gasteiger partial charge in [0, 0.05) is 55.5 Å². The molecule has 56 heavy (non-hydrogen) atoms. The number of alkyl carbamates (subject to hydrolysis) is 1. The van der Waals surface area contributed by atoms with Crippen molar-refractivity contribution in [2.24, 2.45) is 17.6 Å². The lowest BCUT2D eigenvalue weighted by molar-refractivity contribution is -0.130. The Morgan fingerprint density at radius 1 is 1.02 bits per heavy atom. The third kappa shape index (κ3) is 10.0. The van der Waals surface area contributed by atoms with Crippen LogP contribution in [0.15, 0.2) is 60.8 Å². The number of hydrogen-bond acceptors (Lipinski definition) is 11. The van der Waals surface area contributed by atoms with Gasteiger partial charge in [-0.25, -0.2) is 9.69 Å². The third-order valence-electron chi connectivity index (χ3n) is 10.3. The predicted molar refractivity (Wildman–Crippen MR) is 211 cm³/mol. The van der Waals surface area contributed by atoms with Crippen molar-refractivity contribution < 1.29 is 23.9 Å². The molecule has 1 aliphatic heterocycles. The molecule has 296 valence electrons. The van der Waals surface area contributed by atoms with E-state index in [9.17, 15) is 19.2 Å². The summed E-state index contributed by atoms with van der Waals surface area (Å²) >= 11 is 0. The Labute approximate surface area is 327 Å². The molecule has 2 aromatic heterocycles. The first kappa shape index (κ1) is 40.1. The highest BCUT2D eigenvalue weighted by Crippen LogP contribution is 2.32. The molecular formula is C41H52N10O5. The van der Waals surface area contributed by atoms with Crippen LogP contribution in [0.1, 0.15) is 75.0 Å². The van der Waals surface area contributed by atoms with Crippen LogP contribution in [0, 0.1) is 18.8 Å². The molecule has 1 unspecified atom stereocenters. The molecule has 2 fully saturated rings. The van der Waals surface area contributed by atoms with Crippen LogP contribution in [-0.4, -0.2) is 98.2 Å². The van der Waals surface area contributed by atoms with Gasteiger partial charge < -0.3 is 26.0 Å². The highest BCUT2D eigenvalue weighted by molar-refractivity contribution is 6.17. The zero-order valence-corrected chi connectivity index (χ0v) is 32.7. The molecule has 15 nitrogen and oxygen atoms in total. The number of imide groups is 1. The maximum Gasteiger partial charge on any atom is 0.407 e. The third-order valence-corrected chi connectivity index (χ3v) is 10.3. The van der Waals surface area contributed by atoms with E-state index in [2.05, 4.69) is 43.2 Å². The van der Waals surface area contributed by atoms with Gasteiger partial charge in [0.15, 0.2) is 0 Å². The van der Waals surface area contributed by atoms with Gasteiger partial charge in [0.1, 0.15) is 11.3 Å². The van der Waals surface area contributed by atoms with Crippen LogP contribution in [-0.2, 0) is 20.7 Å². The molecule has 1 aliphatic carbocycles. The normalized spacial score (nSPS) is 19.2. The van der Waals surface area contributed by atoms with Gasteiger partial charge >= 0.3 is 6.09 Å². The first-order valence-corrected chi connectivity index (χ1v) is 19.3. The predicted octanol–water partition coefficient (Wildman–Crippen LogP) is 4.43. The number of aryl methyl sites for hydroxylation is 1. The van der Waals surface area contributed by atoms with Crippen LogP contribution < -0.4 is 21.3 Å². The molecule has 6 rings (SSSR count). The maximum atomic E-state index is 14.2. The van der Waals surface area contributed by atoms with Gasteiger partial charge in [0.25, 0.3) is 11.8 Å². The lowest BCUT2D eigenvalue weighted by Crippen LogP contribution is -2.51. The second-order valence-corrected chi connectivity index (χ2v) is 15.9. The first-order valence-electron chi connectivity index (χ1n) is 19.3. The molecule has 4 amide bonds. The van der Waals surface area contributed by atoms with Crippen LogP contribution in [0.2, 0.25) is 0 Å². The average molecular weight is 765 g/mol. The zero-order valence-electron chi connectivity index (χ0n) is 32.7. The number of nitrogens with zero attached hydrogens (tertiary/aromatic N) is 6. The van der Waals surface area contributed by atoms with E-state index in [0.29, 0.717) is 68.1 Å². The summed E-state index contributed by atoms with van der Waals surface area (Å²) in [5.74, 6) is -0.685. The number of pyridine rings is 1. The molecule has 0 spiro atoms. The molecule has 3 heterocycles. The number of aromatic nitrogens is 5. The summed E-state index contributed by atoms with van der Waals surface area (Å²) in [6.45, 7) is 12.0. The van der Waals surface area contributed by atoms with E-state index >= 15 is 0 Å². The summed E-state index contributed by atoms with van der Waals surface area (Å²) in [6.07, 6.45) is 4.05. The lowest BCUT2D eigenvalue weighted by Gasteiger charge is -2.32. The van der Waals surface area contributed by atoms with E-state index < -0.39 is 23.6 Å². The van der Waals surface area contributed by atoms with Gasteiger partial charge in [0.05, 0.1) is 11.7 Å². The number of hydrogen-bond donors (Lipinski definition) is 4. The summed E-state index contributed by atoms with van der Waals surface area (Å²) in [4.78, 5) is 61.3. The second-order valence-electron chi connectivity index (χ2n) is 15.9. The molecule has 0 bridgehead atoms. The number of amides is 4. The van der Waals surface area contributed by atoms with Crippen molar-refractivity contribution in [1.29, 1.82) is 0 Å². The zero-order chi connectivity index (χ0) is 40.0. The fourth-order valence-electron chi connectivity index (χ4n) is 7.33. The number of ether oxygens (including phenoxy) is 1. The number of tetrazole rings is 1. The number of anilines is 1. The molecule has 15 heteroatoms. The molecule has 2 atom stereocenters. The van der Waals surface area contributed by atoms with Crippen molar-refractivity contribution in [3.63, 3.8) is 0 Å². The number of rotatable bonds is 10. The maximum absolute atomic E-state index is 14.2. The van der Waals surface area contributed by atoms with Crippen LogP contribution >= 0.6 is 0 Å². The first-order chi connectivity index (χ1) is 26.8. The standard InChI is InChI=1S/C41H52N10O5/c1-25-20-35(39(54)50-19-18-43-26(2)24-50)44-23-33(25)29-10-6-27(7-11-29)21-34(42)38(53)51(32-16-14-30(15-17-32)36-46-48-49-47-36)37(52)31-12-8-28(9-13-31)22-45-40(55)56-41(3,4)5/h6-7,10-11,14-17,20,23,26,28,31,34,43H,8-9,12-13,18-19,21-22,24,42H2,1-5H3,(H,45,55)(H,46,47,48,49)/t26?,28?,31?,34-/m0/s1. The monoisotopic (exact) mass is 764 g/mol. The molecule has 4 aromatic rings. The SMILES string of the molecule is Cc1cc(C(=O)N2CCNC(C)C2)ncc1-c1ccc(C[C@H](N)C(=O)N(C(=O)C2CCC(CNC(=O)OC(C)(C)C)CC2)c2ccc(-c3nn[nH]n3)cc2)cc1. The Morgan fingerprint density at radius 2 is 1.71 bits per heavy atom. The molecule has 1 saturated carbocycles. The number of H-pyrrole nitrogens is 1. The number of benzene rings is 2. The van der Waals surface area contributed by atoms with E-state index in [1.54, 1.807) is 30.5 Å². The number of nitrogens with one attached hydrogen (secondary N) is 3. The van der Waals surface area contributed by atoms with E-state index in [0.717, 1.165) is 28.8 Å². The molecule has 1 saturated heterocycles. The summed E-state index contributed by atoms with van der Waals surface area (Å²) in [5, 5.41) is 20.3. The van der Waals surface area contributed by atoms with Gasteiger partial charge in [-0.1, -0.05) is 24.3 Å². The van der Waals surface area contributed by atoms with Gasteiger partial charge in [-0.05, 0) is 125 Å². The number of piperazine rings is 1. The van der Waals surface area contributed by atoms with Crippen LogP contribution in [0.3, 0.4) is 0 Å². The number of carbonyl (C=O) groups is 4. The van der Waals surface area contributed by atoms with Crippen molar-refractivity contribution in [2.75, 3.05) is 31.1 Å². The highest BCUT2D eigenvalue weighted by atomic mass is 16.6. The fraction of sp³-hybridized carbons (Fsp3) is 0.463. The Balaban J connectivity index is 1.13. The van der Waals surface area contributed by atoms with Crippen molar-refractivity contribution >= 4 is 29.5 Å². The summed E-state index contributed by atoms with van der Waals surface area (Å²) in [7, 11) is 0. The minimum atomic E-state index is -1.00. The largest absolute Gasteiger partial charge is 0.444 e. The van der Waals surface area contributed by atoms with Gasteiger partial charge in [0.2, 0.25) is 11.7 Å². The summed E-state index contributed by atoms with van der Waals surface area (Å²) in [6, 6.07) is 15.7. The van der Waals surface area contributed by atoms with Crippen LogP contribution in [0.25, 0.3) is 22.5 Å². The Bertz CT molecular complexity index is 1990.